The second kappa shape index (κ2) is 9.09. The summed E-state index contributed by atoms with van der Waals surface area (Å²) in [7, 11) is 0. The van der Waals surface area contributed by atoms with Crippen LogP contribution in [0, 0.1) is 0 Å². The third kappa shape index (κ3) is 4.75. The van der Waals surface area contributed by atoms with Gasteiger partial charge in [0.1, 0.15) is 0 Å². The Hall–Kier alpha value is -3.87. The minimum absolute atomic E-state index is 0.160. The van der Waals surface area contributed by atoms with Gasteiger partial charge in [-0.25, -0.2) is 4.99 Å². The Balaban J connectivity index is 1.55. The van der Waals surface area contributed by atoms with Gasteiger partial charge in [-0.3, -0.25) is 15.1 Å². The van der Waals surface area contributed by atoms with Crippen LogP contribution in [0.4, 0.5) is 5.69 Å². The van der Waals surface area contributed by atoms with E-state index in [-0.39, 0.29) is 12.7 Å². The van der Waals surface area contributed by atoms with E-state index in [0.29, 0.717) is 29.6 Å². The fraction of sp³-hybridized carbons (Fsp3) is 0.174. The van der Waals surface area contributed by atoms with Crippen molar-refractivity contribution in [2.24, 2.45) is 4.99 Å². The second-order valence-electron chi connectivity index (χ2n) is 6.73. The van der Waals surface area contributed by atoms with Crippen molar-refractivity contribution in [2.45, 2.75) is 19.9 Å². The molecular formula is C23H22N4O3. The van der Waals surface area contributed by atoms with Crippen LogP contribution in [0.15, 0.2) is 72.0 Å². The summed E-state index contributed by atoms with van der Waals surface area (Å²) >= 11 is 0. The molecule has 152 valence electrons. The lowest BCUT2D eigenvalue weighted by Crippen LogP contribution is -2.36. The Labute approximate surface area is 174 Å². The SMILES string of the molecule is CCc1cccc(NC(=NCc2cccnc2)NC(=O)c2ccc3c(c2)OCO3)c1. The highest BCUT2D eigenvalue weighted by atomic mass is 16.7. The second-order valence-corrected chi connectivity index (χ2v) is 6.73. The smallest absolute Gasteiger partial charge is 0.258 e. The van der Waals surface area contributed by atoms with E-state index >= 15 is 0 Å². The molecule has 4 rings (SSSR count). The van der Waals surface area contributed by atoms with Crippen LogP contribution in [0.2, 0.25) is 0 Å². The number of hydrogen-bond donors (Lipinski definition) is 2. The number of aromatic nitrogens is 1. The van der Waals surface area contributed by atoms with Crippen molar-refractivity contribution in [2.75, 3.05) is 12.1 Å². The Kier molecular flexibility index (Phi) is 5.89. The van der Waals surface area contributed by atoms with E-state index in [1.807, 2.05) is 30.3 Å². The maximum atomic E-state index is 12.8. The number of benzene rings is 2. The van der Waals surface area contributed by atoms with Gasteiger partial charge in [0.15, 0.2) is 11.5 Å². The lowest BCUT2D eigenvalue weighted by Gasteiger charge is -2.13. The first-order chi connectivity index (χ1) is 14.7. The molecule has 1 amide bonds. The van der Waals surface area contributed by atoms with Gasteiger partial charge < -0.3 is 14.8 Å². The van der Waals surface area contributed by atoms with Gasteiger partial charge in [0, 0.05) is 23.6 Å². The molecule has 7 heteroatoms. The molecule has 0 unspecified atom stereocenters. The zero-order valence-corrected chi connectivity index (χ0v) is 16.6. The number of fused-ring (bicyclic) bond motifs is 1. The molecule has 0 saturated carbocycles. The summed E-state index contributed by atoms with van der Waals surface area (Å²) < 4.78 is 10.7. The summed E-state index contributed by atoms with van der Waals surface area (Å²) in [6.07, 6.45) is 4.38. The van der Waals surface area contributed by atoms with Crippen LogP contribution in [-0.4, -0.2) is 23.6 Å². The van der Waals surface area contributed by atoms with Gasteiger partial charge in [0.05, 0.1) is 6.54 Å². The summed E-state index contributed by atoms with van der Waals surface area (Å²) in [6, 6.07) is 16.9. The Morgan fingerprint density at radius 1 is 1.07 bits per heavy atom. The third-order valence-electron chi connectivity index (χ3n) is 4.61. The van der Waals surface area contributed by atoms with Crippen LogP contribution in [-0.2, 0) is 13.0 Å². The molecule has 0 bridgehead atoms. The largest absolute Gasteiger partial charge is 0.454 e. The molecule has 1 aliphatic heterocycles. The van der Waals surface area contributed by atoms with Gasteiger partial charge in [-0.2, -0.15) is 0 Å². The first-order valence-electron chi connectivity index (χ1n) is 9.71. The maximum Gasteiger partial charge on any atom is 0.258 e. The lowest BCUT2D eigenvalue weighted by atomic mass is 10.1. The molecule has 2 N–H and O–H groups in total. The molecule has 30 heavy (non-hydrogen) atoms. The van der Waals surface area contributed by atoms with Crippen LogP contribution in [0.3, 0.4) is 0 Å². The number of nitrogens with zero attached hydrogens (tertiary/aromatic N) is 2. The number of carbonyl (C=O) groups excluding carboxylic acids is 1. The molecule has 7 nitrogen and oxygen atoms in total. The van der Waals surface area contributed by atoms with Gasteiger partial charge in [-0.15, -0.1) is 0 Å². The quantitative estimate of drug-likeness (QED) is 0.501. The van der Waals surface area contributed by atoms with Gasteiger partial charge in [0.25, 0.3) is 5.91 Å². The number of rotatable bonds is 5. The van der Waals surface area contributed by atoms with E-state index in [4.69, 9.17) is 9.47 Å². The molecule has 1 aliphatic rings. The predicted molar refractivity (Wildman–Crippen MR) is 115 cm³/mol. The number of pyridine rings is 1. The van der Waals surface area contributed by atoms with E-state index in [0.717, 1.165) is 17.7 Å². The number of ether oxygens (including phenoxy) is 2. The normalized spacial score (nSPS) is 12.5. The third-order valence-corrected chi connectivity index (χ3v) is 4.61. The number of hydrogen-bond acceptors (Lipinski definition) is 5. The topological polar surface area (TPSA) is 84.8 Å². The summed E-state index contributed by atoms with van der Waals surface area (Å²) in [6.45, 7) is 2.64. The molecule has 2 aromatic carbocycles. The molecule has 2 heterocycles. The zero-order valence-electron chi connectivity index (χ0n) is 16.6. The van der Waals surface area contributed by atoms with Crippen LogP contribution in [0.1, 0.15) is 28.4 Å². The van der Waals surface area contributed by atoms with Crippen molar-refractivity contribution < 1.29 is 14.3 Å². The number of carbonyl (C=O) groups is 1. The van der Waals surface area contributed by atoms with Crippen molar-refractivity contribution in [3.8, 4) is 11.5 Å². The standard InChI is InChI=1S/C23H22N4O3/c1-2-16-5-3-7-19(11-16)26-23(25-14-17-6-4-10-24-13-17)27-22(28)18-8-9-20-21(12-18)30-15-29-20/h3-13H,2,14-15H2,1H3,(H2,25,26,27,28). The molecule has 0 atom stereocenters. The monoisotopic (exact) mass is 402 g/mol. The molecule has 0 fully saturated rings. The lowest BCUT2D eigenvalue weighted by molar-refractivity contribution is 0.0976. The first-order valence-corrected chi connectivity index (χ1v) is 9.71. The fourth-order valence-electron chi connectivity index (χ4n) is 3.00. The van der Waals surface area contributed by atoms with Crippen molar-refractivity contribution in [1.29, 1.82) is 0 Å². The molecule has 0 saturated heterocycles. The highest BCUT2D eigenvalue weighted by Gasteiger charge is 2.17. The number of aliphatic imine (C=N–C) groups is 1. The Bertz CT molecular complexity index is 1070. The van der Waals surface area contributed by atoms with E-state index < -0.39 is 0 Å². The van der Waals surface area contributed by atoms with Crippen LogP contribution in [0.5, 0.6) is 11.5 Å². The minimum atomic E-state index is -0.294. The van der Waals surface area contributed by atoms with E-state index in [1.54, 1.807) is 30.6 Å². The van der Waals surface area contributed by atoms with Gasteiger partial charge in [-0.05, 0) is 53.9 Å². The number of amides is 1. The number of nitrogens with one attached hydrogen (secondary N) is 2. The summed E-state index contributed by atoms with van der Waals surface area (Å²) in [4.78, 5) is 21.5. The number of anilines is 1. The fourth-order valence-corrected chi connectivity index (χ4v) is 3.00. The van der Waals surface area contributed by atoms with E-state index in [9.17, 15) is 4.79 Å². The molecular weight excluding hydrogens is 380 g/mol. The molecule has 0 radical (unpaired) electrons. The van der Waals surface area contributed by atoms with Crippen LogP contribution >= 0.6 is 0 Å². The first kappa shape index (κ1) is 19.4. The van der Waals surface area contributed by atoms with Crippen LogP contribution < -0.4 is 20.1 Å². The number of aryl methyl sites for hydroxylation is 1. The maximum absolute atomic E-state index is 12.8. The van der Waals surface area contributed by atoms with E-state index in [1.165, 1.54) is 5.56 Å². The minimum Gasteiger partial charge on any atom is -0.454 e. The summed E-state index contributed by atoms with van der Waals surface area (Å²) in [5.74, 6) is 1.25. The van der Waals surface area contributed by atoms with Crippen LogP contribution in [0.25, 0.3) is 0 Å². The van der Waals surface area contributed by atoms with Gasteiger partial charge in [0.2, 0.25) is 12.8 Å². The van der Waals surface area contributed by atoms with Crippen molar-refractivity contribution in [1.82, 2.24) is 10.3 Å². The van der Waals surface area contributed by atoms with Crippen molar-refractivity contribution in [3.63, 3.8) is 0 Å². The molecule has 3 aromatic rings. The van der Waals surface area contributed by atoms with Crippen molar-refractivity contribution >= 4 is 17.6 Å². The predicted octanol–water partition coefficient (Wildman–Crippen LogP) is 3.77. The highest BCUT2D eigenvalue weighted by molar-refractivity contribution is 6.10. The van der Waals surface area contributed by atoms with Gasteiger partial charge >= 0.3 is 0 Å². The van der Waals surface area contributed by atoms with E-state index in [2.05, 4.69) is 33.6 Å². The number of guanidine groups is 1. The zero-order chi connectivity index (χ0) is 20.8. The average molecular weight is 402 g/mol. The summed E-state index contributed by atoms with van der Waals surface area (Å²) in [5, 5.41) is 6.08. The van der Waals surface area contributed by atoms with Crippen molar-refractivity contribution in [3.05, 3.63) is 83.7 Å². The highest BCUT2D eigenvalue weighted by Crippen LogP contribution is 2.32. The van der Waals surface area contributed by atoms with Gasteiger partial charge in [-0.1, -0.05) is 25.1 Å². The Morgan fingerprint density at radius 3 is 2.77 bits per heavy atom. The average Bonchev–Trinajstić information content (AvgIpc) is 3.26. The molecule has 0 spiro atoms. The molecule has 1 aromatic heterocycles. The molecule has 0 aliphatic carbocycles. The summed E-state index contributed by atoms with van der Waals surface area (Å²) in [5.41, 5.74) is 3.44. The Morgan fingerprint density at radius 2 is 1.93 bits per heavy atom.